The van der Waals surface area contributed by atoms with Crippen LogP contribution in [0.5, 0.6) is 5.75 Å². The van der Waals surface area contributed by atoms with Gasteiger partial charge in [-0.2, -0.15) is 0 Å². The molecule has 1 aromatic carbocycles. The van der Waals surface area contributed by atoms with Gasteiger partial charge in [-0.25, -0.2) is 0 Å². The van der Waals surface area contributed by atoms with Crippen LogP contribution in [0.4, 0.5) is 5.69 Å². The minimum absolute atomic E-state index is 0.249. The van der Waals surface area contributed by atoms with E-state index in [2.05, 4.69) is 0 Å². The Morgan fingerprint density at radius 2 is 2.40 bits per heavy atom. The van der Waals surface area contributed by atoms with E-state index in [1.165, 1.54) is 0 Å². The predicted molar refractivity (Wildman–Crippen MR) is 58.1 cm³/mol. The van der Waals surface area contributed by atoms with Crippen molar-refractivity contribution in [2.75, 3.05) is 24.6 Å². The van der Waals surface area contributed by atoms with Gasteiger partial charge in [0.15, 0.2) is 0 Å². The fourth-order valence-corrected chi connectivity index (χ4v) is 1.74. The van der Waals surface area contributed by atoms with Gasteiger partial charge in [0.05, 0.1) is 18.8 Å². The molecule has 15 heavy (non-hydrogen) atoms. The maximum absolute atomic E-state index is 10.9. The quantitative estimate of drug-likeness (QED) is 0.774. The lowest BCUT2D eigenvalue weighted by Gasteiger charge is -2.30. The molecule has 0 unspecified atom stereocenters. The van der Waals surface area contributed by atoms with Crippen molar-refractivity contribution in [3.63, 3.8) is 0 Å². The summed E-state index contributed by atoms with van der Waals surface area (Å²) in [4.78, 5) is 12.8. The summed E-state index contributed by atoms with van der Waals surface area (Å²) in [5.41, 5.74) is 7.29. The molecular weight excluding hydrogens is 192 g/mol. The molecule has 1 aromatic rings. The van der Waals surface area contributed by atoms with E-state index in [4.69, 9.17) is 10.5 Å². The van der Waals surface area contributed by atoms with Crippen molar-refractivity contribution in [1.82, 2.24) is 0 Å². The molecular formula is C11H14N2O2. The van der Waals surface area contributed by atoms with Crippen molar-refractivity contribution in [3.8, 4) is 5.75 Å². The molecule has 1 heterocycles. The molecule has 2 N–H and O–H groups in total. The van der Waals surface area contributed by atoms with E-state index >= 15 is 0 Å². The number of carbonyl (C=O) groups excluding carboxylic acids is 1. The van der Waals surface area contributed by atoms with Crippen LogP contribution in [0.25, 0.3) is 0 Å². The zero-order chi connectivity index (χ0) is 10.8. The maximum Gasteiger partial charge on any atom is 0.236 e. The molecule has 1 aliphatic heterocycles. The lowest BCUT2D eigenvalue weighted by atomic mass is 10.1. The second kappa shape index (κ2) is 3.81. The average Bonchev–Trinajstić information content (AvgIpc) is 2.16. The van der Waals surface area contributed by atoms with E-state index in [0.29, 0.717) is 13.2 Å². The van der Waals surface area contributed by atoms with Gasteiger partial charge in [-0.3, -0.25) is 4.79 Å². The first-order valence-electron chi connectivity index (χ1n) is 4.93. The number of ether oxygens (including phenoxy) is 1. The highest BCUT2D eigenvalue weighted by Crippen LogP contribution is 2.31. The first-order valence-corrected chi connectivity index (χ1v) is 4.93. The van der Waals surface area contributed by atoms with Gasteiger partial charge in [-0.15, -0.1) is 0 Å². The summed E-state index contributed by atoms with van der Waals surface area (Å²) in [5, 5.41) is 0. The second-order valence-corrected chi connectivity index (χ2v) is 3.71. The lowest BCUT2D eigenvalue weighted by molar-refractivity contribution is -0.116. The summed E-state index contributed by atoms with van der Waals surface area (Å²) >= 11 is 0. The lowest BCUT2D eigenvalue weighted by Crippen LogP contribution is -2.39. The van der Waals surface area contributed by atoms with Gasteiger partial charge in [-0.05, 0) is 24.6 Å². The number of amides is 1. The molecule has 0 atom stereocenters. The van der Waals surface area contributed by atoms with Crippen molar-refractivity contribution in [3.05, 3.63) is 23.8 Å². The first-order chi connectivity index (χ1) is 7.16. The topological polar surface area (TPSA) is 55.6 Å². The summed E-state index contributed by atoms with van der Waals surface area (Å²) in [6, 6.07) is 5.94. The van der Waals surface area contributed by atoms with Crippen LogP contribution in [0.15, 0.2) is 18.2 Å². The average molecular weight is 206 g/mol. The number of benzene rings is 1. The number of aryl methyl sites for hydroxylation is 1. The number of anilines is 1. The molecule has 0 saturated heterocycles. The van der Waals surface area contributed by atoms with E-state index in [9.17, 15) is 4.79 Å². The molecule has 1 aliphatic rings. The minimum Gasteiger partial charge on any atom is -0.490 e. The molecule has 0 bridgehead atoms. The normalized spacial score (nSPS) is 14.3. The van der Waals surface area contributed by atoms with Crippen molar-refractivity contribution >= 4 is 11.6 Å². The Morgan fingerprint density at radius 3 is 3.13 bits per heavy atom. The molecule has 0 radical (unpaired) electrons. The predicted octanol–water partition coefficient (Wildman–Crippen LogP) is 0.679. The molecule has 2 rings (SSSR count). The van der Waals surface area contributed by atoms with Crippen LogP contribution >= 0.6 is 0 Å². The number of fused-ring (bicyclic) bond motifs is 1. The van der Waals surface area contributed by atoms with Crippen molar-refractivity contribution in [1.29, 1.82) is 0 Å². The highest BCUT2D eigenvalue weighted by molar-refractivity contribution is 5.80. The maximum atomic E-state index is 10.9. The summed E-state index contributed by atoms with van der Waals surface area (Å²) in [7, 11) is 0. The third-order valence-corrected chi connectivity index (χ3v) is 2.42. The van der Waals surface area contributed by atoms with Crippen LogP contribution < -0.4 is 15.4 Å². The number of rotatable bonds is 2. The Hall–Kier alpha value is -1.71. The number of nitrogens with zero attached hydrogens (tertiary/aromatic N) is 1. The smallest absolute Gasteiger partial charge is 0.236 e. The summed E-state index contributed by atoms with van der Waals surface area (Å²) in [6.45, 7) is 3.57. The highest BCUT2D eigenvalue weighted by atomic mass is 16.5. The molecule has 0 aromatic heterocycles. The Bertz CT molecular complexity index is 390. The van der Waals surface area contributed by atoms with E-state index in [0.717, 1.165) is 17.0 Å². The molecule has 4 nitrogen and oxygen atoms in total. The Labute approximate surface area is 88.6 Å². The fourth-order valence-electron chi connectivity index (χ4n) is 1.74. The molecule has 4 heteroatoms. The number of primary amides is 1. The van der Waals surface area contributed by atoms with Crippen molar-refractivity contribution in [2.24, 2.45) is 5.73 Å². The van der Waals surface area contributed by atoms with Crippen molar-refractivity contribution < 1.29 is 9.53 Å². The monoisotopic (exact) mass is 206 g/mol. The van der Waals surface area contributed by atoms with Gasteiger partial charge in [-0.1, -0.05) is 6.07 Å². The Balaban J connectivity index is 2.30. The summed E-state index contributed by atoms with van der Waals surface area (Å²) < 4.78 is 5.52. The van der Waals surface area contributed by atoms with Gasteiger partial charge < -0.3 is 15.4 Å². The van der Waals surface area contributed by atoms with Crippen LogP contribution in [0.3, 0.4) is 0 Å². The second-order valence-electron chi connectivity index (χ2n) is 3.71. The number of carbonyl (C=O) groups is 1. The SMILES string of the molecule is Cc1ccc2c(c1)OCCN2CC(N)=O. The standard InChI is InChI=1S/C11H14N2O2/c1-8-2-3-9-10(6-8)15-5-4-13(9)7-11(12)14/h2-3,6H,4-5,7H2,1H3,(H2,12,14). The molecule has 0 aliphatic carbocycles. The first kappa shape index (κ1) is 9.83. The van der Waals surface area contributed by atoms with Gasteiger partial charge in [0, 0.05) is 0 Å². The van der Waals surface area contributed by atoms with Crippen molar-refractivity contribution in [2.45, 2.75) is 6.92 Å². The summed E-state index contributed by atoms with van der Waals surface area (Å²) in [6.07, 6.45) is 0. The van der Waals surface area contributed by atoms with Gasteiger partial charge >= 0.3 is 0 Å². The zero-order valence-corrected chi connectivity index (χ0v) is 8.69. The van der Waals surface area contributed by atoms with Crippen LogP contribution in [0, 0.1) is 6.92 Å². The molecule has 0 spiro atoms. The summed E-state index contributed by atoms with van der Waals surface area (Å²) in [5.74, 6) is 0.519. The van der Waals surface area contributed by atoms with Crippen LogP contribution in [0.2, 0.25) is 0 Å². The van der Waals surface area contributed by atoms with Crippen LogP contribution in [0.1, 0.15) is 5.56 Å². The van der Waals surface area contributed by atoms with E-state index in [1.807, 2.05) is 30.0 Å². The zero-order valence-electron chi connectivity index (χ0n) is 8.69. The van der Waals surface area contributed by atoms with Gasteiger partial charge in [0.25, 0.3) is 0 Å². The van der Waals surface area contributed by atoms with Crippen LogP contribution in [-0.2, 0) is 4.79 Å². The molecule has 1 amide bonds. The largest absolute Gasteiger partial charge is 0.490 e. The number of hydrogen-bond donors (Lipinski definition) is 1. The number of nitrogens with two attached hydrogens (primary N) is 1. The van der Waals surface area contributed by atoms with E-state index in [1.54, 1.807) is 0 Å². The fraction of sp³-hybridized carbons (Fsp3) is 0.364. The van der Waals surface area contributed by atoms with E-state index < -0.39 is 0 Å². The number of hydrogen-bond acceptors (Lipinski definition) is 3. The minimum atomic E-state index is -0.316. The third-order valence-electron chi connectivity index (χ3n) is 2.42. The molecule has 0 fully saturated rings. The van der Waals surface area contributed by atoms with E-state index in [-0.39, 0.29) is 12.5 Å². The van der Waals surface area contributed by atoms with Crippen LogP contribution in [-0.4, -0.2) is 25.6 Å². The molecule has 0 saturated carbocycles. The molecule has 80 valence electrons. The van der Waals surface area contributed by atoms with Gasteiger partial charge in [0.1, 0.15) is 12.4 Å². The highest BCUT2D eigenvalue weighted by Gasteiger charge is 2.18. The van der Waals surface area contributed by atoms with Gasteiger partial charge in [0.2, 0.25) is 5.91 Å². The Kier molecular flexibility index (Phi) is 2.49. The third kappa shape index (κ3) is 2.03. The Morgan fingerprint density at radius 1 is 1.60 bits per heavy atom.